The molecule has 2 aromatic carbocycles. The molecule has 0 aromatic heterocycles. The van der Waals surface area contributed by atoms with Crippen molar-refractivity contribution in [2.75, 3.05) is 19.0 Å². The van der Waals surface area contributed by atoms with Gasteiger partial charge in [0.25, 0.3) is 0 Å². The lowest BCUT2D eigenvalue weighted by Gasteiger charge is -2.07. The van der Waals surface area contributed by atoms with Crippen LogP contribution in [0.5, 0.6) is 0 Å². The fourth-order valence-electron chi connectivity index (χ4n) is 2.96. The van der Waals surface area contributed by atoms with Gasteiger partial charge in [-0.25, -0.2) is 9.18 Å². The van der Waals surface area contributed by atoms with Gasteiger partial charge < -0.3 is 15.4 Å². The number of methoxy groups -OCH3 is 1. The number of esters is 1. The SMILES string of the molecule is COC(=O)c1cccc(NC(=O)C2CC2C(=O)NCCc2ccc(F)cc2)c1. The first-order valence-electron chi connectivity index (χ1n) is 8.99. The second-order valence-electron chi connectivity index (χ2n) is 6.68. The quantitative estimate of drug-likeness (QED) is 0.719. The normalized spacial score (nSPS) is 17.5. The summed E-state index contributed by atoms with van der Waals surface area (Å²) in [6.07, 6.45) is 1.08. The zero-order valence-corrected chi connectivity index (χ0v) is 15.4. The number of ether oxygens (including phenoxy) is 1. The molecule has 6 nitrogen and oxygen atoms in total. The number of halogens is 1. The highest BCUT2D eigenvalue weighted by atomic mass is 19.1. The van der Waals surface area contributed by atoms with Crippen molar-refractivity contribution in [1.29, 1.82) is 0 Å². The molecule has 2 atom stereocenters. The molecule has 2 aromatic rings. The third-order valence-corrected chi connectivity index (χ3v) is 4.64. The molecule has 2 unspecified atom stereocenters. The Morgan fingerprint density at radius 2 is 1.79 bits per heavy atom. The lowest BCUT2D eigenvalue weighted by molar-refractivity contribution is -0.125. The number of anilines is 1. The van der Waals surface area contributed by atoms with Gasteiger partial charge in [-0.1, -0.05) is 18.2 Å². The van der Waals surface area contributed by atoms with Crippen LogP contribution in [0.2, 0.25) is 0 Å². The molecule has 3 rings (SSSR count). The molecule has 2 N–H and O–H groups in total. The van der Waals surface area contributed by atoms with Crippen molar-refractivity contribution in [2.24, 2.45) is 11.8 Å². The van der Waals surface area contributed by atoms with Crippen molar-refractivity contribution in [3.05, 3.63) is 65.5 Å². The molecule has 0 saturated heterocycles. The maximum Gasteiger partial charge on any atom is 0.337 e. The standard InChI is InChI=1S/C21H21FN2O4/c1-28-21(27)14-3-2-4-16(11-14)24-20(26)18-12-17(18)19(25)23-10-9-13-5-7-15(22)8-6-13/h2-8,11,17-18H,9-10,12H2,1H3,(H,23,25)(H,24,26). The van der Waals surface area contributed by atoms with Crippen LogP contribution < -0.4 is 10.6 Å². The molecule has 7 heteroatoms. The van der Waals surface area contributed by atoms with E-state index in [9.17, 15) is 18.8 Å². The highest BCUT2D eigenvalue weighted by Crippen LogP contribution is 2.39. The number of carbonyl (C=O) groups is 3. The smallest absolute Gasteiger partial charge is 0.337 e. The molecule has 0 spiro atoms. The Hall–Kier alpha value is -3.22. The van der Waals surface area contributed by atoms with Gasteiger partial charge in [0.05, 0.1) is 24.5 Å². The molecule has 28 heavy (non-hydrogen) atoms. The second-order valence-corrected chi connectivity index (χ2v) is 6.68. The average molecular weight is 384 g/mol. The van der Waals surface area contributed by atoms with Gasteiger partial charge in [-0.15, -0.1) is 0 Å². The molecule has 0 bridgehead atoms. The minimum Gasteiger partial charge on any atom is -0.465 e. The fraction of sp³-hybridized carbons (Fsp3) is 0.286. The van der Waals surface area contributed by atoms with E-state index in [0.717, 1.165) is 5.56 Å². The maximum absolute atomic E-state index is 12.9. The minimum atomic E-state index is -0.485. The number of hydrogen-bond acceptors (Lipinski definition) is 4. The van der Waals surface area contributed by atoms with E-state index in [4.69, 9.17) is 0 Å². The molecular weight excluding hydrogens is 363 g/mol. The summed E-state index contributed by atoms with van der Waals surface area (Å²) in [7, 11) is 1.29. The molecule has 1 fully saturated rings. The summed E-state index contributed by atoms with van der Waals surface area (Å²) in [5.74, 6) is -1.92. The predicted octanol–water partition coefficient (Wildman–Crippen LogP) is 2.55. The van der Waals surface area contributed by atoms with Crippen LogP contribution in [-0.4, -0.2) is 31.4 Å². The third-order valence-electron chi connectivity index (χ3n) is 4.64. The Kier molecular flexibility index (Phi) is 6.03. The first-order valence-corrected chi connectivity index (χ1v) is 8.99. The van der Waals surface area contributed by atoms with Crippen molar-refractivity contribution >= 4 is 23.5 Å². The lowest BCUT2D eigenvalue weighted by Crippen LogP contribution is -2.29. The van der Waals surface area contributed by atoms with E-state index < -0.39 is 5.97 Å². The van der Waals surface area contributed by atoms with Crippen molar-refractivity contribution < 1.29 is 23.5 Å². The zero-order valence-electron chi connectivity index (χ0n) is 15.4. The van der Waals surface area contributed by atoms with Gasteiger partial charge in [-0.3, -0.25) is 9.59 Å². The molecular formula is C21H21FN2O4. The number of nitrogens with one attached hydrogen (secondary N) is 2. The molecule has 1 aliphatic rings. The Morgan fingerprint density at radius 1 is 1.07 bits per heavy atom. The lowest BCUT2D eigenvalue weighted by atomic mass is 10.1. The van der Waals surface area contributed by atoms with Crippen molar-refractivity contribution in [3.63, 3.8) is 0 Å². The van der Waals surface area contributed by atoms with Gasteiger partial charge in [0.1, 0.15) is 5.82 Å². The molecule has 1 aliphatic carbocycles. The van der Waals surface area contributed by atoms with Gasteiger partial charge in [0.15, 0.2) is 0 Å². The van der Waals surface area contributed by atoms with Crippen LogP contribution in [0.3, 0.4) is 0 Å². The van der Waals surface area contributed by atoms with Gasteiger partial charge in [-0.05, 0) is 48.7 Å². The largest absolute Gasteiger partial charge is 0.465 e. The molecule has 0 radical (unpaired) electrons. The van der Waals surface area contributed by atoms with Gasteiger partial charge >= 0.3 is 5.97 Å². The first kappa shape index (κ1) is 19.5. The average Bonchev–Trinajstić information content (AvgIpc) is 3.50. The number of benzene rings is 2. The van der Waals surface area contributed by atoms with E-state index in [1.807, 2.05) is 0 Å². The van der Waals surface area contributed by atoms with Crippen LogP contribution in [0.4, 0.5) is 10.1 Å². The summed E-state index contributed by atoms with van der Waals surface area (Å²) in [4.78, 5) is 36.1. The van der Waals surface area contributed by atoms with Crippen molar-refractivity contribution in [3.8, 4) is 0 Å². The Labute approximate surface area is 162 Å². The van der Waals surface area contributed by atoms with Crippen LogP contribution in [-0.2, 0) is 20.7 Å². The summed E-state index contributed by atoms with van der Waals surface area (Å²) >= 11 is 0. The number of carbonyl (C=O) groups excluding carboxylic acids is 3. The maximum atomic E-state index is 12.9. The van der Waals surface area contributed by atoms with E-state index >= 15 is 0 Å². The Balaban J connectivity index is 1.45. The molecule has 2 amide bonds. The summed E-state index contributed by atoms with van der Waals surface area (Å²) < 4.78 is 17.5. The molecule has 1 saturated carbocycles. The number of rotatable bonds is 7. The number of hydrogen-bond donors (Lipinski definition) is 2. The Morgan fingerprint density at radius 3 is 2.50 bits per heavy atom. The highest BCUT2D eigenvalue weighted by Gasteiger charge is 2.47. The fourth-order valence-corrected chi connectivity index (χ4v) is 2.96. The summed E-state index contributed by atoms with van der Waals surface area (Å²) in [6, 6.07) is 12.6. The van der Waals surface area contributed by atoms with Crippen LogP contribution in [0.1, 0.15) is 22.3 Å². The van der Waals surface area contributed by atoms with Gasteiger partial charge in [0.2, 0.25) is 11.8 Å². The molecule has 0 aliphatic heterocycles. The van der Waals surface area contributed by atoms with Crippen LogP contribution >= 0.6 is 0 Å². The highest BCUT2D eigenvalue weighted by molar-refractivity contribution is 6.00. The zero-order chi connectivity index (χ0) is 20.1. The van der Waals surface area contributed by atoms with Crippen LogP contribution in [0.25, 0.3) is 0 Å². The first-order chi connectivity index (χ1) is 13.5. The monoisotopic (exact) mass is 384 g/mol. The summed E-state index contributed by atoms with van der Waals surface area (Å²) in [5.41, 5.74) is 1.75. The van der Waals surface area contributed by atoms with E-state index in [0.29, 0.717) is 30.6 Å². The summed E-state index contributed by atoms with van der Waals surface area (Å²) in [6.45, 7) is 0.427. The number of amides is 2. The minimum absolute atomic E-state index is 0.162. The predicted molar refractivity (Wildman–Crippen MR) is 101 cm³/mol. The van der Waals surface area contributed by atoms with Crippen molar-refractivity contribution in [1.82, 2.24) is 5.32 Å². The van der Waals surface area contributed by atoms with Gasteiger partial charge in [-0.2, -0.15) is 0 Å². The van der Waals surface area contributed by atoms with Crippen LogP contribution in [0.15, 0.2) is 48.5 Å². The van der Waals surface area contributed by atoms with Crippen molar-refractivity contribution in [2.45, 2.75) is 12.8 Å². The van der Waals surface area contributed by atoms with E-state index in [2.05, 4.69) is 15.4 Å². The topological polar surface area (TPSA) is 84.5 Å². The van der Waals surface area contributed by atoms with Crippen LogP contribution in [0, 0.1) is 17.7 Å². The van der Waals surface area contributed by atoms with E-state index in [1.165, 1.54) is 25.3 Å². The second kappa shape index (κ2) is 8.65. The van der Waals surface area contributed by atoms with E-state index in [-0.39, 0.29) is 29.5 Å². The molecule has 146 valence electrons. The summed E-state index contributed by atoms with van der Waals surface area (Å²) in [5, 5.41) is 5.55. The molecule has 0 heterocycles. The van der Waals surface area contributed by atoms with Gasteiger partial charge in [0, 0.05) is 12.2 Å². The van der Waals surface area contributed by atoms with E-state index in [1.54, 1.807) is 30.3 Å². The third kappa shape index (κ3) is 4.94. The Bertz CT molecular complexity index is 882.